The second-order valence-electron chi connectivity index (χ2n) is 12.7. The summed E-state index contributed by atoms with van der Waals surface area (Å²) in [6, 6.07) is 18.6. The van der Waals surface area contributed by atoms with Crippen molar-refractivity contribution in [3.05, 3.63) is 89.5 Å². The summed E-state index contributed by atoms with van der Waals surface area (Å²) in [4.78, 5) is 49.9. The van der Waals surface area contributed by atoms with Crippen LogP contribution in [0.5, 0.6) is 17.2 Å². The van der Waals surface area contributed by atoms with E-state index in [-0.39, 0.29) is 22.6 Å². The molecule has 0 fully saturated rings. The highest BCUT2D eigenvalue weighted by Gasteiger charge is 2.20. The fourth-order valence-corrected chi connectivity index (χ4v) is 5.21. The number of esters is 4. The Hall–Kier alpha value is -4.66. The van der Waals surface area contributed by atoms with Crippen LogP contribution < -0.4 is 14.2 Å². The van der Waals surface area contributed by atoms with Crippen LogP contribution in [0.4, 0.5) is 0 Å². The fourth-order valence-electron chi connectivity index (χ4n) is 5.21. The molecule has 51 heavy (non-hydrogen) atoms. The first-order valence-corrected chi connectivity index (χ1v) is 18.6. The zero-order chi connectivity index (χ0) is 36.7. The summed E-state index contributed by atoms with van der Waals surface area (Å²) in [5, 5.41) is 0. The summed E-state index contributed by atoms with van der Waals surface area (Å²) in [5.41, 5.74) is 0.809. The highest BCUT2D eigenvalue weighted by molar-refractivity contribution is 5.93. The smallest absolute Gasteiger partial charge is 0.347 e. The van der Waals surface area contributed by atoms with Gasteiger partial charge in [-0.05, 0) is 92.6 Å². The summed E-state index contributed by atoms with van der Waals surface area (Å²) in [6.07, 6.45) is 15.5. The van der Waals surface area contributed by atoms with Gasteiger partial charge in [0.2, 0.25) is 0 Å². The lowest BCUT2D eigenvalue weighted by atomic mass is 10.1. The zero-order valence-corrected chi connectivity index (χ0v) is 30.5. The Bertz CT molecular complexity index is 1460. The molecule has 0 saturated heterocycles. The standard InChI is InChI=1S/C42H54O9/c1-4-6-8-10-11-12-13-14-15-17-30-47-36-24-18-34(19-25-36)41(45)50-38-28-22-35(23-29-38)42(46)51-37-26-20-33(21-27-37)40(44)49-32(3)39(43)48-31-16-9-7-5-2/h18-29,32H,4-17,30-31H2,1-3H3/t32-/m1/s1. The third-order valence-electron chi connectivity index (χ3n) is 8.32. The van der Waals surface area contributed by atoms with Crippen molar-refractivity contribution in [2.75, 3.05) is 13.2 Å². The topological polar surface area (TPSA) is 114 Å². The Kier molecular flexibility index (Phi) is 18.9. The van der Waals surface area contributed by atoms with E-state index in [9.17, 15) is 19.2 Å². The van der Waals surface area contributed by atoms with Crippen molar-refractivity contribution in [2.24, 2.45) is 0 Å². The normalized spacial score (nSPS) is 11.4. The lowest BCUT2D eigenvalue weighted by Crippen LogP contribution is -2.26. The van der Waals surface area contributed by atoms with Gasteiger partial charge in [-0.15, -0.1) is 0 Å². The SMILES string of the molecule is CCCCCCCCCCCCOc1ccc(C(=O)Oc2ccc(C(=O)Oc3ccc(C(=O)O[C@H](C)C(=O)OCCCCCC)cc3)cc2)cc1. The maximum Gasteiger partial charge on any atom is 0.347 e. The van der Waals surface area contributed by atoms with Gasteiger partial charge in [-0.3, -0.25) is 0 Å². The molecule has 3 aromatic rings. The first-order chi connectivity index (χ1) is 24.8. The van der Waals surface area contributed by atoms with Crippen LogP contribution in [0.3, 0.4) is 0 Å². The van der Waals surface area contributed by atoms with Crippen molar-refractivity contribution in [1.82, 2.24) is 0 Å². The lowest BCUT2D eigenvalue weighted by molar-refractivity contribution is -0.153. The molecular formula is C42H54O9. The molecule has 0 aromatic heterocycles. The molecular weight excluding hydrogens is 648 g/mol. The molecule has 0 bridgehead atoms. The van der Waals surface area contributed by atoms with E-state index in [0.717, 1.165) is 38.5 Å². The van der Waals surface area contributed by atoms with Crippen molar-refractivity contribution in [2.45, 2.75) is 117 Å². The van der Waals surface area contributed by atoms with Crippen LogP contribution in [0.1, 0.15) is 142 Å². The number of rotatable bonds is 24. The average Bonchev–Trinajstić information content (AvgIpc) is 3.14. The summed E-state index contributed by atoms with van der Waals surface area (Å²) < 4.78 is 27.1. The Morgan fingerprint density at radius 1 is 0.471 bits per heavy atom. The molecule has 0 aliphatic rings. The molecule has 0 N–H and O–H groups in total. The van der Waals surface area contributed by atoms with E-state index >= 15 is 0 Å². The minimum absolute atomic E-state index is 0.190. The summed E-state index contributed by atoms with van der Waals surface area (Å²) in [6.45, 7) is 6.74. The molecule has 0 heterocycles. The Balaban J connectivity index is 1.36. The molecule has 0 amide bonds. The first kappa shape index (κ1) is 40.8. The summed E-state index contributed by atoms with van der Waals surface area (Å²) >= 11 is 0. The number of hydrogen-bond donors (Lipinski definition) is 0. The number of carbonyl (C=O) groups is 4. The minimum atomic E-state index is -1.05. The van der Waals surface area contributed by atoms with E-state index < -0.39 is 30.0 Å². The maximum absolute atomic E-state index is 12.7. The van der Waals surface area contributed by atoms with Gasteiger partial charge in [-0.2, -0.15) is 0 Å². The zero-order valence-electron chi connectivity index (χ0n) is 30.5. The van der Waals surface area contributed by atoms with E-state index in [4.69, 9.17) is 23.7 Å². The molecule has 0 aliphatic carbocycles. The average molecular weight is 703 g/mol. The third-order valence-corrected chi connectivity index (χ3v) is 8.32. The third kappa shape index (κ3) is 15.8. The molecule has 0 unspecified atom stereocenters. The predicted molar refractivity (Wildman–Crippen MR) is 197 cm³/mol. The van der Waals surface area contributed by atoms with E-state index in [1.54, 1.807) is 24.3 Å². The van der Waals surface area contributed by atoms with Gasteiger partial charge in [-0.25, -0.2) is 19.2 Å². The van der Waals surface area contributed by atoms with Crippen molar-refractivity contribution >= 4 is 23.9 Å². The van der Waals surface area contributed by atoms with Crippen molar-refractivity contribution in [3.63, 3.8) is 0 Å². The molecule has 0 saturated carbocycles. The van der Waals surface area contributed by atoms with Gasteiger partial charge in [0.05, 0.1) is 29.9 Å². The predicted octanol–water partition coefficient (Wildman–Crippen LogP) is 10.1. The van der Waals surface area contributed by atoms with Crippen molar-refractivity contribution < 1.29 is 42.9 Å². The molecule has 276 valence electrons. The molecule has 0 aliphatic heterocycles. The van der Waals surface area contributed by atoms with Crippen LogP contribution in [0.25, 0.3) is 0 Å². The van der Waals surface area contributed by atoms with Crippen molar-refractivity contribution in [1.29, 1.82) is 0 Å². The van der Waals surface area contributed by atoms with Gasteiger partial charge in [0.1, 0.15) is 17.2 Å². The number of hydrogen-bond acceptors (Lipinski definition) is 9. The van der Waals surface area contributed by atoms with E-state index in [2.05, 4.69) is 13.8 Å². The Morgan fingerprint density at radius 2 is 0.843 bits per heavy atom. The van der Waals surface area contributed by atoms with Crippen LogP contribution in [-0.2, 0) is 14.3 Å². The number of benzene rings is 3. The second kappa shape index (κ2) is 23.7. The lowest BCUT2D eigenvalue weighted by Gasteiger charge is -2.13. The molecule has 3 rings (SSSR count). The quantitative estimate of drug-likeness (QED) is 0.0511. The molecule has 0 radical (unpaired) electrons. The van der Waals surface area contributed by atoms with E-state index in [1.165, 1.54) is 107 Å². The largest absolute Gasteiger partial charge is 0.494 e. The molecule has 9 heteroatoms. The number of unbranched alkanes of at least 4 members (excludes halogenated alkanes) is 12. The molecule has 3 aromatic carbocycles. The van der Waals surface area contributed by atoms with Gasteiger partial charge >= 0.3 is 23.9 Å². The van der Waals surface area contributed by atoms with Crippen LogP contribution >= 0.6 is 0 Å². The van der Waals surface area contributed by atoms with Gasteiger partial charge in [-0.1, -0.05) is 90.9 Å². The van der Waals surface area contributed by atoms with Gasteiger partial charge < -0.3 is 23.7 Å². The van der Waals surface area contributed by atoms with Crippen LogP contribution in [0.2, 0.25) is 0 Å². The van der Waals surface area contributed by atoms with Crippen LogP contribution in [-0.4, -0.2) is 43.2 Å². The molecule has 0 spiro atoms. The number of carbonyl (C=O) groups excluding carboxylic acids is 4. The summed E-state index contributed by atoms with van der Waals surface area (Å²) in [5.74, 6) is -1.26. The van der Waals surface area contributed by atoms with Gasteiger partial charge in [0, 0.05) is 0 Å². The summed E-state index contributed by atoms with van der Waals surface area (Å²) in [7, 11) is 0. The van der Waals surface area contributed by atoms with Crippen LogP contribution in [0.15, 0.2) is 72.8 Å². The highest BCUT2D eigenvalue weighted by atomic mass is 16.6. The minimum Gasteiger partial charge on any atom is -0.494 e. The Labute approximate surface area is 303 Å². The fraction of sp³-hybridized carbons (Fsp3) is 0.476. The highest BCUT2D eigenvalue weighted by Crippen LogP contribution is 2.20. The molecule has 9 nitrogen and oxygen atoms in total. The Morgan fingerprint density at radius 3 is 1.31 bits per heavy atom. The first-order valence-electron chi connectivity index (χ1n) is 18.6. The van der Waals surface area contributed by atoms with Gasteiger partial charge in [0.25, 0.3) is 0 Å². The van der Waals surface area contributed by atoms with Gasteiger partial charge in [0.15, 0.2) is 6.10 Å². The number of ether oxygens (including phenoxy) is 5. The molecule has 1 atom stereocenters. The maximum atomic E-state index is 12.7. The van der Waals surface area contributed by atoms with Crippen LogP contribution in [0, 0.1) is 0 Å². The monoisotopic (exact) mass is 702 g/mol. The second-order valence-corrected chi connectivity index (χ2v) is 12.7. The van der Waals surface area contributed by atoms with E-state index in [1.807, 2.05) is 0 Å². The van der Waals surface area contributed by atoms with E-state index in [0.29, 0.717) is 24.5 Å². The van der Waals surface area contributed by atoms with Crippen molar-refractivity contribution in [3.8, 4) is 17.2 Å².